The minimum atomic E-state index is -0.380. The van der Waals surface area contributed by atoms with Crippen LogP contribution in [-0.4, -0.2) is 12.8 Å². The van der Waals surface area contributed by atoms with Gasteiger partial charge in [0.25, 0.3) is 0 Å². The fraction of sp³-hybridized carbons (Fsp3) is 0.235. The first-order chi connectivity index (χ1) is 9.69. The average Bonchev–Trinajstić information content (AvgIpc) is 2.46. The largest absolute Gasteiger partial charge is 0.340 e. The van der Waals surface area contributed by atoms with Crippen molar-refractivity contribution in [2.24, 2.45) is 5.92 Å². The predicted octanol–water partition coefficient (Wildman–Crippen LogP) is 3.97. The topological polar surface area (TPSA) is 20.3 Å². The van der Waals surface area contributed by atoms with E-state index >= 15 is 0 Å². The number of rotatable bonds is 2. The van der Waals surface area contributed by atoms with Gasteiger partial charge in [-0.2, -0.15) is 0 Å². The molecule has 0 aromatic heterocycles. The third-order valence-electron chi connectivity index (χ3n) is 3.75. The minimum absolute atomic E-state index is 0.380. The average molecular weight is 269 g/mol. The molecule has 1 atom stereocenters. The summed E-state index contributed by atoms with van der Waals surface area (Å²) in [6, 6.07) is 12.6. The molecule has 2 aromatic rings. The predicted molar refractivity (Wildman–Crippen MR) is 78.1 cm³/mol. The van der Waals surface area contributed by atoms with Crippen molar-refractivity contribution in [2.75, 3.05) is 11.4 Å². The van der Waals surface area contributed by atoms with E-state index in [1.807, 2.05) is 12.1 Å². The summed E-state index contributed by atoms with van der Waals surface area (Å²) < 4.78 is 13.3. The van der Waals surface area contributed by atoms with Crippen LogP contribution in [0.5, 0.6) is 0 Å². The van der Waals surface area contributed by atoms with Crippen LogP contribution in [-0.2, 0) is 6.42 Å². The second-order valence-electron chi connectivity index (χ2n) is 5.37. The van der Waals surface area contributed by atoms with E-state index < -0.39 is 0 Å². The summed E-state index contributed by atoms with van der Waals surface area (Å²) in [4.78, 5) is 13.3. The molecule has 1 aliphatic rings. The molecule has 0 spiro atoms. The molecule has 1 heterocycles. The Bertz CT molecular complexity index is 653. The lowest BCUT2D eigenvalue weighted by Crippen LogP contribution is -2.31. The molecule has 0 bridgehead atoms. The van der Waals surface area contributed by atoms with Gasteiger partial charge in [-0.15, -0.1) is 0 Å². The molecule has 1 unspecified atom stereocenters. The number of hydrogen-bond acceptors (Lipinski definition) is 2. The maximum Gasteiger partial charge on any atom is 0.152 e. The van der Waals surface area contributed by atoms with Crippen LogP contribution in [0.25, 0.3) is 0 Å². The Morgan fingerprint density at radius 2 is 2.00 bits per heavy atom. The highest BCUT2D eigenvalue weighted by Gasteiger charge is 2.24. The van der Waals surface area contributed by atoms with Crippen LogP contribution in [0.4, 0.5) is 15.8 Å². The number of fused-ring (bicyclic) bond motifs is 1. The van der Waals surface area contributed by atoms with Crippen molar-refractivity contribution in [1.82, 2.24) is 0 Å². The molecule has 0 saturated carbocycles. The Morgan fingerprint density at radius 1 is 1.20 bits per heavy atom. The molecular formula is C17H16FNO. The highest BCUT2D eigenvalue weighted by atomic mass is 19.1. The van der Waals surface area contributed by atoms with Gasteiger partial charge in [0.15, 0.2) is 6.29 Å². The number of carbonyl (C=O) groups is 1. The number of carbonyl (C=O) groups excluding carboxylic acids is 1. The van der Waals surface area contributed by atoms with E-state index in [1.165, 1.54) is 17.7 Å². The quantitative estimate of drug-likeness (QED) is 0.769. The fourth-order valence-corrected chi connectivity index (χ4v) is 2.89. The Kier molecular flexibility index (Phi) is 3.26. The smallest absolute Gasteiger partial charge is 0.152 e. The van der Waals surface area contributed by atoms with Gasteiger partial charge in [-0.3, -0.25) is 4.79 Å². The van der Waals surface area contributed by atoms with Crippen LogP contribution in [0.1, 0.15) is 22.8 Å². The zero-order chi connectivity index (χ0) is 14.1. The molecule has 20 heavy (non-hydrogen) atoms. The fourth-order valence-electron chi connectivity index (χ4n) is 2.89. The Labute approximate surface area is 117 Å². The molecule has 2 nitrogen and oxygen atoms in total. The molecule has 0 amide bonds. The lowest BCUT2D eigenvalue weighted by atomic mass is 9.93. The zero-order valence-electron chi connectivity index (χ0n) is 11.3. The number of aldehydes is 1. The van der Waals surface area contributed by atoms with Gasteiger partial charge in [0.2, 0.25) is 0 Å². The van der Waals surface area contributed by atoms with E-state index in [0.29, 0.717) is 11.5 Å². The number of nitrogens with zero attached hydrogens (tertiary/aromatic N) is 1. The molecule has 1 aliphatic heterocycles. The normalized spacial score (nSPS) is 17.7. The molecule has 0 saturated heterocycles. The van der Waals surface area contributed by atoms with E-state index in [9.17, 15) is 9.18 Å². The molecule has 3 heteroatoms. The maximum atomic E-state index is 13.3. The summed E-state index contributed by atoms with van der Waals surface area (Å²) in [5.74, 6) is 0.114. The highest BCUT2D eigenvalue weighted by Crippen LogP contribution is 2.36. The number of anilines is 2. The van der Waals surface area contributed by atoms with Gasteiger partial charge in [-0.25, -0.2) is 4.39 Å². The molecule has 102 valence electrons. The first kappa shape index (κ1) is 12.9. The molecule has 0 N–H and O–H groups in total. The van der Waals surface area contributed by atoms with Crippen molar-refractivity contribution in [3.05, 3.63) is 59.4 Å². The molecule has 2 aromatic carbocycles. The molecule has 0 fully saturated rings. The summed E-state index contributed by atoms with van der Waals surface area (Å²) in [7, 11) is 0. The van der Waals surface area contributed by atoms with Gasteiger partial charge in [-0.05, 0) is 42.2 Å². The minimum Gasteiger partial charge on any atom is -0.340 e. The molecular weight excluding hydrogens is 253 g/mol. The lowest BCUT2D eigenvalue weighted by molar-refractivity contribution is 0.112. The number of benzene rings is 2. The molecule has 3 rings (SSSR count). The maximum absolute atomic E-state index is 13.3. The second-order valence-corrected chi connectivity index (χ2v) is 5.37. The van der Waals surface area contributed by atoms with Crippen LogP contribution >= 0.6 is 0 Å². The summed E-state index contributed by atoms with van der Waals surface area (Å²) in [6.45, 7) is 3.02. The third kappa shape index (κ3) is 2.20. The Hall–Kier alpha value is -2.16. The lowest BCUT2D eigenvalue weighted by Gasteiger charge is -2.35. The first-order valence-corrected chi connectivity index (χ1v) is 6.79. The van der Waals surface area contributed by atoms with Crippen LogP contribution < -0.4 is 4.90 Å². The van der Waals surface area contributed by atoms with E-state index in [-0.39, 0.29) is 5.82 Å². The summed E-state index contributed by atoms with van der Waals surface area (Å²) in [5, 5.41) is 0. The Balaban J connectivity index is 2.13. The van der Waals surface area contributed by atoms with E-state index in [2.05, 4.69) is 24.0 Å². The molecule has 0 aliphatic carbocycles. The Morgan fingerprint density at radius 3 is 2.80 bits per heavy atom. The van der Waals surface area contributed by atoms with Crippen molar-refractivity contribution >= 4 is 17.7 Å². The van der Waals surface area contributed by atoms with Gasteiger partial charge in [0.1, 0.15) is 5.82 Å². The number of hydrogen-bond donors (Lipinski definition) is 0. The zero-order valence-corrected chi connectivity index (χ0v) is 11.3. The number of halogens is 1. The molecule has 0 radical (unpaired) electrons. The summed E-state index contributed by atoms with van der Waals surface area (Å²) in [6.07, 6.45) is 1.75. The van der Waals surface area contributed by atoms with Gasteiger partial charge in [-0.1, -0.05) is 25.1 Å². The van der Waals surface area contributed by atoms with Gasteiger partial charge in [0, 0.05) is 17.8 Å². The number of para-hydroxylation sites is 1. The van der Waals surface area contributed by atoms with Crippen molar-refractivity contribution < 1.29 is 9.18 Å². The third-order valence-corrected chi connectivity index (χ3v) is 3.75. The summed E-state index contributed by atoms with van der Waals surface area (Å²) >= 11 is 0. The van der Waals surface area contributed by atoms with E-state index in [4.69, 9.17) is 0 Å². The van der Waals surface area contributed by atoms with Crippen LogP contribution in [0.2, 0.25) is 0 Å². The van der Waals surface area contributed by atoms with E-state index in [0.717, 1.165) is 30.6 Å². The van der Waals surface area contributed by atoms with Crippen molar-refractivity contribution in [3.8, 4) is 0 Å². The SMILES string of the molecule is CC1Cc2ccccc2N(c2ccc(F)cc2C=O)C1. The van der Waals surface area contributed by atoms with Crippen molar-refractivity contribution in [3.63, 3.8) is 0 Å². The first-order valence-electron chi connectivity index (χ1n) is 6.79. The van der Waals surface area contributed by atoms with Crippen LogP contribution in [0.3, 0.4) is 0 Å². The van der Waals surface area contributed by atoms with E-state index in [1.54, 1.807) is 6.07 Å². The van der Waals surface area contributed by atoms with Crippen LogP contribution in [0, 0.1) is 11.7 Å². The monoisotopic (exact) mass is 269 g/mol. The van der Waals surface area contributed by atoms with Crippen molar-refractivity contribution in [2.45, 2.75) is 13.3 Å². The van der Waals surface area contributed by atoms with Gasteiger partial charge < -0.3 is 4.90 Å². The second kappa shape index (κ2) is 5.08. The van der Waals surface area contributed by atoms with Crippen LogP contribution in [0.15, 0.2) is 42.5 Å². The van der Waals surface area contributed by atoms with Gasteiger partial charge >= 0.3 is 0 Å². The standard InChI is InChI=1S/C17H16FNO/c1-12-8-13-4-2-3-5-16(13)19(10-12)17-7-6-15(18)9-14(17)11-20/h2-7,9,11-12H,8,10H2,1H3. The summed E-state index contributed by atoms with van der Waals surface area (Å²) in [5.41, 5.74) is 3.56. The van der Waals surface area contributed by atoms with Crippen molar-refractivity contribution in [1.29, 1.82) is 0 Å². The highest BCUT2D eigenvalue weighted by molar-refractivity contribution is 5.87. The van der Waals surface area contributed by atoms with Gasteiger partial charge in [0.05, 0.1) is 5.69 Å².